The van der Waals surface area contributed by atoms with E-state index in [1.54, 1.807) is 19.1 Å². The molecule has 0 aliphatic carbocycles. The third-order valence-electron chi connectivity index (χ3n) is 5.06. The summed E-state index contributed by atoms with van der Waals surface area (Å²) in [5, 5.41) is 9.17. The Morgan fingerprint density at radius 3 is 2.43 bits per heavy atom. The van der Waals surface area contributed by atoms with Gasteiger partial charge in [-0.25, -0.2) is 4.39 Å². The summed E-state index contributed by atoms with van der Waals surface area (Å²) in [7, 11) is 0. The molecule has 1 N–H and O–H groups in total. The molecule has 1 unspecified atom stereocenters. The second-order valence-corrected chi connectivity index (χ2v) is 7.64. The number of benzene rings is 2. The van der Waals surface area contributed by atoms with Crippen molar-refractivity contribution in [3.05, 3.63) is 58.9 Å². The fourth-order valence-corrected chi connectivity index (χ4v) is 3.29. The average Bonchev–Trinajstić information content (AvgIpc) is 2.71. The van der Waals surface area contributed by atoms with Crippen LogP contribution in [-0.2, 0) is 24.1 Å². The lowest BCUT2D eigenvalue weighted by molar-refractivity contribution is -0.141. The van der Waals surface area contributed by atoms with Crippen LogP contribution in [0.25, 0.3) is 0 Å². The minimum atomic E-state index is -0.796. The second kappa shape index (κ2) is 12.2. The number of aryl methyl sites for hydroxylation is 2. The predicted octanol–water partition coefficient (Wildman–Crippen LogP) is 5.84. The fourth-order valence-electron chi connectivity index (χ4n) is 3.29. The molecule has 5 heteroatoms. The Bertz CT molecular complexity index is 819. The molecule has 4 nitrogen and oxygen atoms in total. The predicted molar refractivity (Wildman–Crippen MR) is 117 cm³/mol. The molecule has 30 heavy (non-hydrogen) atoms. The Labute approximate surface area is 179 Å². The van der Waals surface area contributed by atoms with Crippen LogP contribution < -0.4 is 9.47 Å². The number of carbonyl (C=O) groups is 1. The van der Waals surface area contributed by atoms with E-state index in [1.807, 2.05) is 31.2 Å². The maximum atomic E-state index is 14.0. The molecule has 0 fully saturated rings. The summed E-state index contributed by atoms with van der Waals surface area (Å²) in [6, 6.07) is 11.1. The van der Waals surface area contributed by atoms with Crippen molar-refractivity contribution in [1.82, 2.24) is 0 Å². The first-order valence-corrected chi connectivity index (χ1v) is 10.8. The fraction of sp³-hybridized carbons (Fsp3) is 0.480. The van der Waals surface area contributed by atoms with Crippen molar-refractivity contribution in [2.75, 3.05) is 13.2 Å². The number of ether oxygens (including phenoxy) is 2. The molecule has 164 valence electrons. The van der Waals surface area contributed by atoms with Crippen LogP contribution in [0, 0.1) is 11.7 Å². The quantitative estimate of drug-likeness (QED) is 0.417. The van der Waals surface area contributed by atoms with Crippen LogP contribution in [0.3, 0.4) is 0 Å². The molecule has 0 amide bonds. The van der Waals surface area contributed by atoms with E-state index < -0.39 is 11.9 Å². The molecule has 0 spiro atoms. The Balaban J connectivity index is 2.03. The Hall–Kier alpha value is -2.56. The molecule has 0 aliphatic heterocycles. The Kier molecular flexibility index (Phi) is 9.65. The maximum absolute atomic E-state index is 14.0. The molecule has 1 atom stereocenters. The summed E-state index contributed by atoms with van der Waals surface area (Å²) in [4.78, 5) is 11.2. The number of rotatable bonds is 13. The lowest BCUT2D eigenvalue weighted by atomic mass is 9.97. The van der Waals surface area contributed by atoms with E-state index in [1.165, 1.54) is 0 Å². The topological polar surface area (TPSA) is 55.8 Å². The molecule has 2 rings (SSSR count). The van der Waals surface area contributed by atoms with Crippen molar-refractivity contribution < 1.29 is 23.8 Å². The van der Waals surface area contributed by atoms with Crippen LogP contribution in [0.15, 0.2) is 36.4 Å². The van der Waals surface area contributed by atoms with Crippen LogP contribution in [0.2, 0.25) is 0 Å². The SMILES string of the molecule is CCCCOc1cc(CC(C)C(=O)O)ccc1CCCc1ccc(OCC)c(F)c1. The van der Waals surface area contributed by atoms with Crippen molar-refractivity contribution in [2.45, 2.75) is 59.3 Å². The normalized spacial score (nSPS) is 11.9. The van der Waals surface area contributed by atoms with E-state index in [4.69, 9.17) is 14.6 Å². The van der Waals surface area contributed by atoms with Crippen LogP contribution in [0.4, 0.5) is 4.39 Å². The van der Waals surface area contributed by atoms with E-state index in [-0.39, 0.29) is 5.82 Å². The van der Waals surface area contributed by atoms with Gasteiger partial charge in [0.1, 0.15) is 5.75 Å². The summed E-state index contributed by atoms with van der Waals surface area (Å²) in [5.74, 6) is -0.436. The van der Waals surface area contributed by atoms with Gasteiger partial charge in [-0.15, -0.1) is 0 Å². The third kappa shape index (κ3) is 7.36. The standard InChI is InChI=1S/C25H33FO4/c1-4-6-14-30-24-17-20(15-18(3)25(27)28)10-12-21(24)9-7-8-19-11-13-23(29-5-2)22(26)16-19/h10-13,16-18H,4-9,14-15H2,1-3H3,(H,27,28). The molecule has 0 saturated carbocycles. The van der Waals surface area contributed by atoms with Gasteiger partial charge in [0.25, 0.3) is 0 Å². The first kappa shape index (κ1) is 23.7. The molecule has 0 aromatic heterocycles. The highest BCUT2D eigenvalue weighted by atomic mass is 19.1. The first-order valence-electron chi connectivity index (χ1n) is 10.8. The van der Waals surface area contributed by atoms with Gasteiger partial charge >= 0.3 is 5.97 Å². The monoisotopic (exact) mass is 416 g/mol. The number of aliphatic carboxylic acids is 1. The summed E-state index contributed by atoms with van der Waals surface area (Å²) >= 11 is 0. The molecule has 0 heterocycles. The largest absolute Gasteiger partial charge is 0.493 e. The van der Waals surface area contributed by atoms with Gasteiger partial charge in [-0.2, -0.15) is 0 Å². The van der Waals surface area contributed by atoms with Gasteiger partial charge in [0.05, 0.1) is 19.1 Å². The molecular formula is C25H33FO4. The van der Waals surface area contributed by atoms with E-state index >= 15 is 0 Å². The van der Waals surface area contributed by atoms with E-state index in [0.29, 0.717) is 25.4 Å². The van der Waals surface area contributed by atoms with Gasteiger partial charge in [-0.05, 0) is 73.9 Å². The van der Waals surface area contributed by atoms with Crippen molar-refractivity contribution in [1.29, 1.82) is 0 Å². The summed E-state index contributed by atoms with van der Waals surface area (Å²) in [5.41, 5.74) is 3.01. The lowest BCUT2D eigenvalue weighted by Gasteiger charge is -2.14. The van der Waals surface area contributed by atoms with Gasteiger partial charge in [0.15, 0.2) is 11.6 Å². The molecule has 0 aliphatic rings. The van der Waals surface area contributed by atoms with E-state index in [0.717, 1.165) is 54.5 Å². The molecule has 0 bridgehead atoms. The average molecular weight is 417 g/mol. The number of hydrogen-bond donors (Lipinski definition) is 1. The molecule has 2 aromatic carbocycles. The summed E-state index contributed by atoms with van der Waals surface area (Å²) in [6.45, 7) is 6.75. The zero-order valence-electron chi connectivity index (χ0n) is 18.2. The maximum Gasteiger partial charge on any atom is 0.306 e. The highest BCUT2D eigenvalue weighted by Crippen LogP contribution is 2.25. The highest BCUT2D eigenvalue weighted by Gasteiger charge is 2.14. The first-order chi connectivity index (χ1) is 14.4. The number of hydrogen-bond acceptors (Lipinski definition) is 3. The van der Waals surface area contributed by atoms with Crippen LogP contribution in [0.5, 0.6) is 11.5 Å². The van der Waals surface area contributed by atoms with Crippen molar-refractivity contribution >= 4 is 5.97 Å². The summed E-state index contributed by atoms with van der Waals surface area (Å²) in [6.07, 6.45) is 4.93. The van der Waals surface area contributed by atoms with Crippen molar-refractivity contribution in [3.63, 3.8) is 0 Å². The molecular weight excluding hydrogens is 383 g/mol. The third-order valence-corrected chi connectivity index (χ3v) is 5.06. The second-order valence-electron chi connectivity index (χ2n) is 7.64. The number of halogens is 1. The number of unbranched alkanes of at least 4 members (excludes halogenated alkanes) is 1. The zero-order valence-corrected chi connectivity index (χ0v) is 18.2. The minimum absolute atomic E-state index is 0.291. The minimum Gasteiger partial charge on any atom is -0.493 e. The smallest absolute Gasteiger partial charge is 0.306 e. The van der Waals surface area contributed by atoms with Crippen molar-refractivity contribution in [2.24, 2.45) is 5.92 Å². The van der Waals surface area contributed by atoms with Crippen LogP contribution >= 0.6 is 0 Å². The lowest BCUT2D eigenvalue weighted by Crippen LogP contribution is -2.12. The highest BCUT2D eigenvalue weighted by molar-refractivity contribution is 5.70. The van der Waals surface area contributed by atoms with Crippen LogP contribution in [0.1, 0.15) is 56.7 Å². The summed E-state index contributed by atoms with van der Waals surface area (Å²) < 4.78 is 25.3. The van der Waals surface area contributed by atoms with E-state index in [9.17, 15) is 9.18 Å². The van der Waals surface area contributed by atoms with Crippen LogP contribution in [-0.4, -0.2) is 24.3 Å². The number of carboxylic acid groups (broad SMARTS) is 1. The Morgan fingerprint density at radius 2 is 1.77 bits per heavy atom. The molecule has 0 saturated heterocycles. The zero-order chi connectivity index (χ0) is 21.9. The van der Waals surface area contributed by atoms with Gasteiger partial charge in [-0.3, -0.25) is 4.79 Å². The molecule has 2 aromatic rings. The van der Waals surface area contributed by atoms with Gasteiger partial charge in [0.2, 0.25) is 0 Å². The van der Waals surface area contributed by atoms with Gasteiger partial charge < -0.3 is 14.6 Å². The van der Waals surface area contributed by atoms with Crippen molar-refractivity contribution in [3.8, 4) is 11.5 Å². The Morgan fingerprint density at radius 1 is 1.00 bits per heavy atom. The van der Waals surface area contributed by atoms with Gasteiger partial charge in [-0.1, -0.05) is 38.5 Å². The van der Waals surface area contributed by atoms with E-state index in [2.05, 4.69) is 6.92 Å². The molecule has 0 radical (unpaired) electrons. The number of carboxylic acids is 1. The van der Waals surface area contributed by atoms with Gasteiger partial charge in [0, 0.05) is 0 Å².